The number of allylic oxidation sites excluding steroid dienone is 13. The van der Waals surface area contributed by atoms with Gasteiger partial charge in [-0.2, -0.15) is 0 Å². The quantitative estimate of drug-likeness (QED) is 0.0263. The van der Waals surface area contributed by atoms with E-state index in [1.165, 1.54) is 89.9 Å². The molecule has 0 N–H and O–H groups in total. The topological polar surface area (TPSA) is 78.9 Å². The number of ether oxygens (including phenoxy) is 3. The second-order valence-electron chi connectivity index (χ2n) is 16.0. The van der Waals surface area contributed by atoms with E-state index < -0.39 is 12.1 Å². The van der Waals surface area contributed by atoms with Gasteiger partial charge in [0, 0.05) is 12.8 Å². The van der Waals surface area contributed by atoms with Crippen molar-refractivity contribution in [1.29, 1.82) is 0 Å². The van der Waals surface area contributed by atoms with Gasteiger partial charge in [0.1, 0.15) is 13.2 Å². The monoisotopic (exact) mass is 835 g/mol. The number of carbonyl (C=O) groups is 3. The predicted molar refractivity (Wildman–Crippen MR) is 256 cm³/mol. The first-order valence-corrected chi connectivity index (χ1v) is 24.6. The molecule has 0 fully saturated rings. The molecule has 0 spiro atoms. The van der Waals surface area contributed by atoms with E-state index >= 15 is 0 Å². The molecule has 0 heterocycles. The average Bonchev–Trinajstić information content (AvgIpc) is 3.24. The summed E-state index contributed by atoms with van der Waals surface area (Å²) in [6.45, 7) is 6.28. The Hall–Kier alpha value is -3.41. The summed E-state index contributed by atoms with van der Waals surface area (Å²) < 4.78 is 16.6. The molecule has 6 heteroatoms. The fourth-order valence-corrected chi connectivity index (χ4v) is 6.51. The van der Waals surface area contributed by atoms with E-state index in [1.54, 1.807) is 6.08 Å². The van der Waals surface area contributed by atoms with E-state index in [2.05, 4.69) is 93.7 Å². The first-order chi connectivity index (χ1) is 29.5. The Kier molecular flexibility index (Phi) is 45.5. The molecule has 0 aliphatic heterocycles. The highest BCUT2D eigenvalue weighted by molar-refractivity contribution is 5.72. The third-order valence-corrected chi connectivity index (χ3v) is 10.1. The molecule has 342 valence electrons. The number of carbonyl (C=O) groups excluding carboxylic acids is 3. The number of rotatable bonds is 43. The van der Waals surface area contributed by atoms with Gasteiger partial charge in [-0.3, -0.25) is 14.4 Å². The van der Waals surface area contributed by atoms with Crippen molar-refractivity contribution in [3.05, 3.63) is 85.1 Å². The van der Waals surface area contributed by atoms with Gasteiger partial charge in [-0.15, -0.1) is 0 Å². The van der Waals surface area contributed by atoms with Crippen molar-refractivity contribution >= 4 is 17.9 Å². The molecule has 1 atom stereocenters. The Balaban J connectivity index is 4.38. The third-order valence-electron chi connectivity index (χ3n) is 10.1. The molecule has 0 aliphatic carbocycles. The van der Waals surface area contributed by atoms with Gasteiger partial charge in [0.05, 0.1) is 6.42 Å². The van der Waals surface area contributed by atoms with Gasteiger partial charge < -0.3 is 14.2 Å². The highest BCUT2D eigenvalue weighted by atomic mass is 16.6. The standard InChI is InChI=1S/C54H90O6/c1-4-7-10-13-16-19-21-23-25-26-27-28-29-31-32-35-38-41-44-47-53(56)59-50-51(49-58-52(55)46-43-40-37-34-18-15-12-9-6-3)60-54(57)48-45-42-39-36-33-30-24-22-20-17-14-11-8-5-2/h7,9-10,12,16,18-19,23,25,30,33-34,40,43,51H,4-6,8,11,13-15,17,20-22,24,26-29,31-32,35-39,41-42,44-50H2,1-3H3/b10-7-,12-9-,19-16-,25-23-,33-30-,34-18-,43-40-. The highest BCUT2D eigenvalue weighted by Gasteiger charge is 2.19. The van der Waals surface area contributed by atoms with Crippen molar-refractivity contribution in [2.75, 3.05) is 13.2 Å². The van der Waals surface area contributed by atoms with Gasteiger partial charge in [-0.1, -0.05) is 196 Å². The van der Waals surface area contributed by atoms with Gasteiger partial charge in [0.25, 0.3) is 0 Å². The molecule has 0 aromatic rings. The van der Waals surface area contributed by atoms with Crippen LogP contribution in [0.5, 0.6) is 0 Å². The van der Waals surface area contributed by atoms with Crippen LogP contribution in [0.15, 0.2) is 85.1 Å². The van der Waals surface area contributed by atoms with Gasteiger partial charge in [-0.25, -0.2) is 0 Å². The summed E-state index contributed by atoms with van der Waals surface area (Å²) in [7, 11) is 0. The average molecular weight is 835 g/mol. The lowest BCUT2D eigenvalue weighted by molar-refractivity contribution is -0.166. The Morgan fingerprint density at radius 1 is 0.367 bits per heavy atom. The zero-order chi connectivity index (χ0) is 43.7. The first kappa shape index (κ1) is 56.6. The summed E-state index contributed by atoms with van der Waals surface area (Å²) in [5.74, 6) is -1.07. The maximum absolute atomic E-state index is 12.7. The summed E-state index contributed by atoms with van der Waals surface area (Å²) in [4.78, 5) is 37.7. The second-order valence-corrected chi connectivity index (χ2v) is 16.0. The van der Waals surface area contributed by atoms with Crippen LogP contribution in [0.3, 0.4) is 0 Å². The van der Waals surface area contributed by atoms with Crippen LogP contribution in [0.1, 0.15) is 220 Å². The smallest absolute Gasteiger partial charge is 0.309 e. The van der Waals surface area contributed by atoms with Crippen LogP contribution in [-0.2, 0) is 28.6 Å². The van der Waals surface area contributed by atoms with Crippen LogP contribution < -0.4 is 0 Å². The summed E-state index contributed by atoms with van der Waals surface area (Å²) in [6.07, 6.45) is 61.8. The van der Waals surface area contributed by atoms with E-state index in [9.17, 15) is 14.4 Å². The van der Waals surface area contributed by atoms with Gasteiger partial charge >= 0.3 is 17.9 Å². The molecule has 6 nitrogen and oxygen atoms in total. The molecule has 1 unspecified atom stereocenters. The van der Waals surface area contributed by atoms with Crippen molar-refractivity contribution in [3.63, 3.8) is 0 Å². The SMILES string of the molecule is CC/C=C\C/C=C\C/C=C\CCCCCCCCCCCC(=O)OCC(COC(=O)C/C=C\C/C=C\C/C=C\CC)OC(=O)CCCCC/C=C\CCCCCCCCC. The first-order valence-electron chi connectivity index (χ1n) is 24.6. The van der Waals surface area contributed by atoms with Gasteiger partial charge in [-0.05, 0) is 89.9 Å². The summed E-state index contributed by atoms with van der Waals surface area (Å²) in [6, 6.07) is 0. The Morgan fingerprint density at radius 3 is 1.20 bits per heavy atom. The minimum absolute atomic E-state index is 0.113. The van der Waals surface area contributed by atoms with Crippen LogP contribution in [0.25, 0.3) is 0 Å². The molecule has 0 saturated carbocycles. The van der Waals surface area contributed by atoms with Crippen LogP contribution in [0, 0.1) is 0 Å². The lowest BCUT2D eigenvalue weighted by Crippen LogP contribution is -2.30. The maximum Gasteiger partial charge on any atom is 0.309 e. The number of hydrogen-bond acceptors (Lipinski definition) is 6. The molecule has 0 aromatic heterocycles. The number of hydrogen-bond donors (Lipinski definition) is 0. The lowest BCUT2D eigenvalue weighted by Gasteiger charge is -2.18. The highest BCUT2D eigenvalue weighted by Crippen LogP contribution is 2.14. The van der Waals surface area contributed by atoms with Gasteiger partial charge in [0.15, 0.2) is 6.10 Å². The largest absolute Gasteiger partial charge is 0.462 e. The van der Waals surface area contributed by atoms with Crippen LogP contribution >= 0.6 is 0 Å². The zero-order valence-electron chi connectivity index (χ0n) is 38.9. The number of esters is 3. The normalized spacial score (nSPS) is 12.8. The minimum atomic E-state index is -0.820. The molecule has 0 aliphatic rings. The minimum Gasteiger partial charge on any atom is -0.462 e. The Bertz CT molecular complexity index is 1190. The molecular formula is C54H90O6. The molecule has 60 heavy (non-hydrogen) atoms. The van der Waals surface area contributed by atoms with Crippen molar-refractivity contribution < 1.29 is 28.6 Å². The van der Waals surface area contributed by atoms with Crippen LogP contribution in [0.2, 0.25) is 0 Å². The molecule has 0 saturated heterocycles. The zero-order valence-corrected chi connectivity index (χ0v) is 38.9. The van der Waals surface area contributed by atoms with E-state index in [0.717, 1.165) is 89.9 Å². The van der Waals surface area contributed by atoms with Crippen molar-refractivity contribution in [2.45, 2.75) is 226 Å². The third kappa shape index (κ3) is 45.7. The predicted octanol–water partition coefficient (Wildman–Crippen LogP) is 16.0. The van der Waals surface area contributed by atoms with E-state index in [4.69, 9.17) is 14.2 Å². The summed E-state index contributed by atoms with van der Waals surface area (Å²) >= 11 is 0. The molecular weight excluding hydrogens is 745 g/mol. The second kappa shape index (κ2) is 48.3. The summed E-state index contributed by atoms with van der Waals surface area (Å²) in [5, 5.41) is 0. The molecule has 0 radical (unpaired) electrons. The lowest BCUT2D eigenvalue weighted by atomic mass is 10.1. The van der Waals surface area contributed by atoms with Crippen molar-refractivity contribution in [2.24, 2.45) is 0 Å². The van der Waals surface area contributed by atoms with Gasteiger partial charge in [0.2, 0.25) is 0 Å². The Morgan fingerprint density at radius 2 is 0.717 bits per heavy atom. The summed E-state index contributed by atoms with van der Waals surface area (Å²) in [5.41, 5.74) is 0. The molecule has 0 aromatic carbocycles. The number of unbranched alkanes of at least 4 members (excludes halogenated alkanes) is 19. The molecule has 0 bridgehead atoms. The van der Waals surface area contributed by atoms with Crippen LogP contribution in [0.4, 0.5) is 0 Å². The van der Waals surface area contributed by atoms with Crippen molar-refractivity contribution in [1.82, 2.24) is 0 Å². The van der Waals surface area contributed by atoms with Crippen LogP contribution in [-0.4, -0.2) is 37.2 Å². The van der Waals surface area contributed by atoms with E-state index in [1.807, 2.05) is 6.08 Å². The maximum atomic E-state index is 12.7. The Labute approximate surface area is 369 Å². The fourth-order valence-electron chi connectivity index (χ4n) is 6.51. The molecule has 0 amide bonds. The van der Waals surface area contributed by atoms with E-state index in [0.29, 0.717) is 6.42 Å². The van der Waals surface area contributed by atoms with Crippen molar-refractivity contribution in [3.8, 4) is 0 Å². The molecule has 0 rings (SSSR count). The van der Waals surface area contributed by atoms with E-state index in [-0.39, 0.29) is 38.0 Å². The fraction of sp³-hybridized carbons (Fsp3) is 0.685.